The van der Waals surface area contributed by atoms with Gasteiger partial charge in [0.25, 0.3) is 0 Å². The lowest BCUT2D eigenvalue weighted by molar-refractivity contribution is -0.137. The molecule has 0 bridgehead atoms. The molecule has 1 unspecified atom stereocenters. The van der Waals surface area contributed by atoms with Crippen LogP contribution in [0, 0.1) is 5.92 Å². The molecule has 0 aromatic carbocycles. The van der Waals surface area contributed by atoms with E-state index < -0.39 is 11.6 Å². The molecule has 0 saturated carbocycles. The highest BCUT2D eigenvalue weighted by Gasteiger charge is 2.25. The van der Waals surface area contributed by atoms with E-state index in [0.29, 0.717) is 19.3 Å². The van der Waals surface area contributed by atoms with Gasteiger partial charge in [0.2, 0.25) is 5.91 Å². The fraction of sp³-hybridized carbons (Fsp3) is 0.833. The van der Waals surface area contributed by atoms with Gasteiger partial charge >= 0.3 is 5.97 Å². The summed E-state index contributed by atoms with van der Waals surface area (Å²) in [5.74, 6) is -0.917. The van der Waals surface area contributed by atoms with Crippen LogP contribution in [0.3, 0.4) is 0 Å². The number of hydrogen-bond donors (Lipinski definition) is 3. The maximum absolute atomic E-state index is 11.4. The Morgan fingerprint density at radius 3 is 2.24 bits per heavy atom. The second-order valence-electron chi connectivity index (χ2n) is 4.89. The lowest BCUT2D eigenvalue weighted by atomic mass is 9.92. The minimum absolute atomic E-state index is 0.0646. The summed E-state index contributed by atoms with van der Waals surface area (Å²) in [7, 11) is 0. The molecule has 0 spiro atoms. The monoisotopic (exact) mass is 245 g/mol. The number of carboxylic acids is 1. The summed E-state index contributed by atoms with van der Waals surface area (Å²) in [6.07, 6.45) is 1.46. The van der Waals surface area contributed by atoms with Crippen molar-refractivity contribution in [1.82, 2.24) is 5.32 Å². The second kappa shape index (κ2) is 7.27. The largest absolute Gasteiger partial charge is 0.481 e. The van der Waals surface area contributed by atoms with Crippen molar-refractivity contribution in [3.63, 3.8) is 0 Å². The van der Waals surface area contributed by atoms with Crippen LogP contribution in [0.15, 0.2) is 0 Å². The number of carbonyl (C=O) groups excluding carboxylic acids is 1. The Balaban J connectivity index is 3.70. The van der Waals surface area contributed by atoms with Crippen LogP contribution in [0.25, 0.3) is 0 Å². The molecule has 0 heterocycles. The third-order valence-corrected chi connectivity index (χ3v) is 2.93. The van der Waals surface area contributed by atoms with Crippen LogP contribution in [0.2, 0.25) is 0 Å². The van der Waals surface area contributed by atoms with Crippen LogP contribution in [-0.2, 0) is 9.59 Å². The first-order valence-corrected chi connectivity index (χ1v) is 5.96. The summed E-state index contributed by atoms with van der Waals surface area (Å²) in [4.78, 5) is 21.6. The Hall–Kier alpha value is -1.10. The van der Waals surface area contributed by atoms with Crippen LogP contribution < -0.4 is 5.32 Å². The molecule has 17 heavy (non-hydrogen) atoms. The van der Waals surface area contributed by atoms with Crippen LogP contribution >= 0.6 is 0 Å². The van der Waals surface area contributed by atoms with Crippen LogP contribution in [0.1, 0.15) is 46.5 Å². The Morgan fingerprint density at radius 2 is 1.76 bits per heavy atom. The number of aliphatic hydroxyl groups is 1. The molecule has 0 aromatic rings. The van der Waals surface area contributed by atoms with Gasteiger partial charge in [-0.3, -0.25) is 9.59 Å². The molecule has 100 valence electrons. The van der Waals surface area contributed by atoms with Gasteiger partial charge in [-0.1, -0.05) is 13.8 Å². The van der Waals surface area contributed by atoms with Crippen molar-refractivity contribution >= 4 is 11.9 Å². The summed E-state index contributed by atoms with van der Waals surface area (Å²) >= 11 is 0. The normalized spacial score (nSPS) is 14.4. The Bertz CT molecular complexity index is 261. The fourth-order valence-corrected chi connectivity index (χ4v) is 1.13. The van der Waals surface area contributed by atoms with Gasteiger partial charge in [0.1, 0.15) is 0 Å². The van der Waals surface area contributed by atoms with E-state index in [1.807, 2.05) is 13.8 Å². The molecule has 0 aliphatic rings. The van der Waals surface area contributed by atoms with Crippen LogP contribution in [0.4, 0.5) is 0 Å². The van der Waals surface area contributed by atoms with E-state index in [1.165, 1.54) is 0 Å². The number of aliphatic carboxylic acids is 1. The smallest absolute Gasteiger partial charge is 0.303 e. The number of rotatable bonds is 8. The molecule has 0 aliphatic heterocycles. The van der Waals surface area contributed by atoms with Crippen molar-refractivity contribution in [2.45, 2.75) is 52.1 Å². The highest BCUT2D eigenvalue weighted by atomic mass is 16.4. The summed E-state index contributed by atoms with van der Waals surface area (Å²) in [5.41, 5.74) is -0.906. The van der Waals surface area contributed by atoms with Crippen LogP contribution in [-0.4, -0.2) is 34.2 Å². The number of carbonyl (C=O) groups is 2. The van der Waals surface area contributed by atoms with Crippen molar-refractivity contribution in [2.75, 3.05) is 6.54 Å². The highest BCUT2D eigenvalue weighted by molar-refractivity contribution is 5.76. The molecule has 0 rings (SSSR count). The molecule has 1 amide bonds. The highest BCUT2D eigenvalue weighted by Crippen LogP contribution is 2.14. The predicted molar refractivity (Wildman–Crippen MR) is 64.6 cm³/mol. The zero-order valence-corrected chi connectivity index (χ0v) is 10.8. The van der Waals surface area contributed by atoms with Crippen molar-refractivity contribution < 1.29 is 19.8 Å². The summed E-state index contributed by atoms with van der Waals surface area (Å²) in [6, 6.07) is 0. The average molecular weight is 245 g/mol. The third kappa shape index (κ3) is 7.74. The number of nitrogens with one attached hydrogen (secondary N) is 1. The second-order valence-corrected chi connectivity index (χ2v) is 4.89. The predicted octanol–water partition coefficient (Wildman–Crippen LogP) is 1.15. The molecule has 3 N–H and O–H groups in total. The molecule has 0 saturated heterocycles. The van der Waals surface area contributed by atoms with E-state index in [9.17, 15) is 14.7 Å². The molecule has 0 fully saturated rings. The van der Waals surface area contributed by atoms with Gasteiger partial charge in [0, 0.05) is 19.4 Å². The van der Waals surface area contributed by atoms with Gasteiger partial charge < -0.3 is 15.5 Å². The number of hydrogen-bond acceptors (Lipinski definition) is 3. The van der Waals surface area contributed by atoms with Gasteiger partial charge in [-0.15, -0.1) is 0 Å². The topological polar surface area (TPSA) is 86.6 Å². The van der Waals surface area contributed by atoms with Gasteiger partial charge in [-0.2, -0.15) is 0 Å². The summed E-state index contributed by atoms with van der Waals surface area (Å²) in [5, 5.41) is 21.0. The van der Waals surface area contributed by atoms with E-state index in [2.05, 4.69) is 5.32 Å². The molecule has 5 nitrogen and oxygen atoms in total. The first-order chi connectivity index (χ1) is 7.75. The van der Waals surface area contributed by atoms with E-state index in [0.717, 1.165) is 0 Å². The Labute approximate surface area is 102 Å². The van der Waals surface area contributed by atoms with Crippen molar-refractivity contribution in [1.29, 1.82) is 0 Å². The summed E-state index contributed by atoms with van der Waals surface area (Å²) < 4.78 is 0. The molecular formula is C12H23NO4. The molecule has 0 aromatic heterocycles. The lowest BCUT2D eigenvalue weighted by Gasteiger charge is -2.27. The summed E-state index contributed by atoms with van der Waals surface area (Å²) in [6.45, 7) is 5.68. The van der Waals surface area contributed by atoms with Gasteiger partial charge in [0.05, 0.1) is 5.60 Å². The van der Waals surface area contributed by atoms with Crippen molar-refractivity contribution in [3.8, 4) is 0 Å². The van der Waals surface area contributed by atoms with Crippen molar-refractivity contribution in [2.24, 2.45) is 5.92 Å². The minimum atomic E-state index is -0.906. The zero-order valence-electron chi connectivity index (χ0n) is 10.8. The van der Waals surface area contributed by atoms with Gasteiger partial charge in [0.15, 0.2) is 0 Å². The van der Waals surface area contributed by atoms with Crippen LogP contribution in [0.5, 0.6) is 0 Å². The zero-order chi connectivity index (χ0) is 13.5. The van der Waals surface area contributed by atoms with E-state index >= 15 is 0 Å². The van der Waals surface area contributed by atoms with E-state index in [1.54, 1.807) is 6.92 Å². The van der Waals surface area contributed by atoms with E-state index in [4.69, 9.17) is 5.11 Å². The third-order valence-electron chi connectivity index (χ3n) is 2.93. The maximum Gasteiger partial charge on any atom is 0.303 e. The molecule has 0 aliphatic carbocycles. The van der Waals surface area contributed by atoms with Crippen molar-refractivity contribution in [3.05, 3.63) is 0 Å². The lowest BCUT2D eigenvalue weighted by Crippen LogP contribution is -2.44. The number of carboxylic acid groups (broad SMARTS) is 1. The molecular weight excluding hydrogens is 222 g/mol. The van der Waals surface area contributed by atoms with E-state index in [-0.39, 0.29) is 24.8 Å². The molecule has 1 atom stereocenters. The molecule has 0 radical (unpaired) electrons. The van der Waals surface area contributed by atoms with Gasteiger partial charge in [-0.25, -0.2) is 0 Å². The molecule has 5 heteroatoms. The maximum atomic E-state index is 11.4. The Morgan fingerprint density at radius 1 is 1.24 bits per heavy atom. The first kappa shape index (κ1) is 15.9. The SMILES string of the molecule is CC(C)C(C)(O)CNC(=O)CCCCC(=O)O. The number of unbranched alkanes of at least 4 members (excludes halogenated alkanes) is 1. The average Bonchev–Trinajstić information content (AvgIpc) is 2.21. The first-order valence-electron chi connectivity index (χ1n) is 5.96. The van der Waals surface area contributed by atoms with Gasteiger partial charge in [-0.05, 0) is 25.7 Å². The number of amides is 1. The Kier molecular flexibility index (Phi) is 6.80. The minimum Gasteiger partial charge on any atom is -0.481 e. The quantitative estimate of drug-likeness (QED) is 0.560. The standard InChI is InChI=1S/C12H23NO4/c1-9(2)12(3,17)8-13-10(14)6-4-5-7-11(15)16/h9,17H,4-8H2,1-3H3,(H,13,14)(H,15,16). The fourth-order valence-electron chi connectivity index (χ4n) is 1.13.